The number of nitrogens with one attached hydrogen (secondary N) is 1. The second-order valence-electron chi connectivity index (χ2n) is 2.95. The molecule has 1 aromatic carbocycles. The highest BCUT2D eigenvalue weighted by Gasteiger charge is 2.13. The molecule has 0 aliphatic carbocycles. The van der Waals surface area contributed by atoms with Crippen LogP contribution in [0.5, 0.6) is 11.5 Å². The van der Waals surface area contributed by atoms with E-state index in [-0.39, 0.29) is 23.7 Å². The van der Waals surface area contributed by atoms with Gasteiger partial charge in [0, 0.05) is 5.56 Å². The van der Waals surface area contributed by atoms with Crippen LogP contribution in [0.1, 0.15) is 17.3 Å². The Kier molecular flexibility index (Phi) is 4.65. The first-order chi connectivity index (χ1) is 8.08. The van der Waals surface area contributed by atoms with E-state index in [1.165, 1.54) is 18.2 Å². The lowest BCUT2D eigenvalue weighted by atomic mass is 10.2. The molecule has 1 aromatic rings. The van der Waals surface area contributed by atoms with E-state index in [1.807, 2.05) is 5.43 Å². The number of amides is 1. The number of carbonyl (C=O) groups excluding carboxylic acids is 1. The molecule has 0 heterocycles. The van der Waals surface area contributed by atoms with E-state index < -0.39 is 12.5 Å². The summed E-state index contributed by atoms with van der Waals surface area (Å²) in [5.41, 5.74) is 2.12. The standard InChI is InChI=1S/C10H12F2N2O3/c1-2-16-8-5-6(9(15)14-13)3-4-7(8)17-10(11)12/h3-5,10H,2,13H2,1H3,(H,14,15). The van der Waals surface area contributed by atoms with Crippen molar-refractivity contribution in [3.05, 3.63) is 23.8 Å². The molecule has 5 nitrogen and oxygen atoms in total. The molecule has 0 aliphatic heterocycles. The summed E-state index contributed by atoms with van der Waals surface area (Å²) in [4.78, 5) is 11.2. The Morgan fingerprint density at radius 3 is 2.71 bits per heavy atom. The van der Waals surface area contributed by atoms with Gasteiger partial charge in [0.1, 0.15) is 0 Å². The monoisotopic (exact) mass is 246 g/mol. The molecule has 0 spiro atoms. The molecule has 17 heavy (non-hydrogen) atoms. The van der Waals surface area contributed by atoms with E-state index in [0.29, 0.717) is 0 Å². The van der Waals surface area contributed by atoms with Gasteiger partial charge in [0.25, 0.3) is 5.91 Å². The van der Waals surface area contributed by atoms with Crippen molar-refractivity contribution >= 4 is 5.91 Å². The minimum atomic E-state index is -2.96. The fourth-order valence-electron chi connectivity index (χ4n) is 1.19. The molecule has 0 saturated heterocycles. The molecule has 0 bridgehead atoms. The molecule has 0 aromatic heterocycles. The second kappa shape index (κ2) is 6.00. The predicted molar refractivity (Wildman–Crippen MR) is 55.9 cm³/mol. The summed E-state index contributed by atoms with van der Waals surface area (Å²) >= 11 is 0. The molecular weight excluding hydrogens is 234 g/mol. The molecule has 0 atom stereocenters. The lowest BCUT2D eigenvalue weighted by Gasteiger charge is -2.12. The van der Waals surface area contributed by atoms with Crippen molar-refractivity contribution in [3.8, 4) is 11.5 Å². The maximum Gasteiger partial charge on any atom is 0.387 e. The highest BCUT2D eigenvalue weighted by atomic mass is 19.3. The zero-order valence-electron chi connectivity index (χ0n) is 9.07. The fourth-order valence-corrected chi connectivity index (χ4v) is 1.19. The average Bonchev–Trinajstić information content (AvgIpc) is 2.30. The van der Waals surface area contributed by atoms with Crippen molar-refractivity contribution in [2.75, 3.05) is 6.61 Å². The van der Waals surface area contributed by atoms with Gasteiger partial charge in [0.2, 0.25) is 0 Å². The minimum Gasteiger partial charge on any atom is -0.490 e. The van der Waals surface area contributed by atoms with Gasteiger partial charge < -0.3 is 9.47 Å². The van der Waals surface area contributed by atoms with Crippen molar-refractivity contribution in [3.63, 3.8) is 0 Å². The largest absolute Gasteiger partial charge is 0.490 e. The van der Waals surface area contributed by atoms with Crippen molar-refractivity contribution in [2.24, 2.45) is 5.84 Å². The number of hydrogen-bond acceptors (Lipinski definition) is 4. The Labute approximate surface area is 96.5 Å². The van der Waals surface area contributed by atoms with Crippen LogP contribution in [0.25, 0.3) is 0 Å². The highest BCUT2D eigenvalue weighted by molar-refractivity contribution is 5.94. The smallest absolute Gasteiger partial charge is 0.387 e. The molecule has 0 saturated carbocycles. The number of ether oxygens (including phenoxy) is 2. The summed E-state index contributed by atoms with van der Waals surface area (Å²) in [5.74, 6) is 4.34. The van der Waals surface area contributed by atoms with Crippen LogP contribution in [0.3, 0.4) is 0 Å². The SMILES string of the molecule is CCOc1cc(C(=O)NN)ccc1OC(F)F. The lowest BCUT2D eigenvalue weighted by molar-refractivity contribution is -0.0514. The van der Waals surface area contributed by atoms with Crippen LogP contribution in [0.15, 0.2) is 18.2 Å². The van der Waals surface area contributed by atoms with Gasteiger partial charge >= 0.3 is 6.61 Å². The summed E-state index contributed by atoms with van der Waals surface area (Å²) in [6.45, 7) is -1.02. The van der Waals surface area contributed by atoms with Crippen LogP contribution in [0.2, 0.25) is 0 Å². The van der Waals surface area contributed by atoms with Crippen LogP contribution < -0.4 is 20.7 Å². The molecule has 1 rings (SSSR count). The molecule has 7 heteroatoms. The topological polar surface area (TPSA) is 73.6 Å². The first-order valence-electron chi connectivity index (χ1n) is 4.81. The first kappa shape index (κ1) is 13.2. The van der Waals surface area contributed by atoms with E-state index in [2.05, 4.69) is 4.74 Å². The maximum absolute atomic E-state index is 12.1. The molecule has 0 aliphatic rings. The van der Waals surface area contributed by atoms with Crippen LogP contribution in [0, 0.1) is 0 Å². The zero-order chi connectivity index (χ0) is 12.8. The number of hydrazine groups is 1. The number of rotatable bonds is 5. The number of hydrogen-bond donors (Lipinski definition) is 2. The fraction of sp³-hybridized carbons (Fsp3) is 0.300. The minimum absolute atomic E-state index is 0.0638. The molecule has 1 amide bonds. The predicted octanol–water partition coefficient (Wildman–Crippen LogP) is 1.29. The van der Waals surface area contributed by atoms with Crippen LogP contribution in [-0.2, 0) is 0 Å². The van der Waals surface area contributed by atoms with Gasteiger partial charge in [-0.3, -0.25) is 10.2 Å². The van der Waals surface area contributed by atoms with E-state index in [4.69, 9.17) is 10.6 Å². The number of benzene rings is 1. The molecule has 3 N–H and O–H groups in total. The van der Waals surface area contributed by atoms with Gasteiger partial charge in [0.05, 0.1) is 6.61 Å². The van der Waals surface area contributed by atoms with E-state index in [1.54, 1.807) is 6.92 Å². The first-order valence-corrected chi connectivity index (χ1v) is 4.81. The van der Waals surface area contributed by atoms with Gasteiger partial charge in [-0.2, -0.15) is 8.78 Å². The van der Waals surface area contributed by atoms with Gasteiger partial charge in [-0.25, -0.2) is 5.84 Å². The maximum atomic E-state index is 12.1. The number of nitrogens with two attached hydrogens (primary N) is 1. The number of halogens is 2. The summed E-state index contributed by atoms with van der Waals surface area (Å²) in [5, 5.41) is 0. The number of carbonyl (C=O) groups is 1. The van der Waals surface area contributed by atoms with Gasteiger partial charge in [-0.05, 0) is 25.1 Å². The molecule has 0 fully saturated rings. The van der Waals surface area contributed by atoms with E-state index in [0.717, 1.165) is 0 Å². The van der Waals surface area contributed by atoms with Gasteiger partial charge in [-0.1, -0.05) is 0 Å². The normalized spacial score (nSPS) is 10.2. The Hall–Kier alpha value is -1.89. The Morgan fingerprint density at radius 1 is 1.47 bits per heavy atom. The summed E-state index contributed by atoms with van der Waals surface area (Å²) < 4.78 is 33.5. The summed E-state index contributed by atoms with van der Waals surface area (Å²) in [6, 6.07) is 3.81. The van der Waals surface area contributed by atoms with Gasteiger partial charge in [0.15, 0.2) is 11.5 Å². The van der Waals surface area contributed by atoms with Crippen LogP contribution in [-0.4, -0.2) is 19.1 Å². The highest BCUT2D eigenvalue weighted by Crippen LogP contribution is 2.29. The van der Waals surface area contributed by atoms with E-state index in [9.17, 15) is 13.6 Å². The van der Waals surface area contributed by atoms with Crippen molar-refractivity contribution < 1.29 is 23.0 Å². The summed E-state index contributed by atoms with van der Waals surface area (Å²) in [7, 11) is 0. The number of nitrogen functional groups attached to an aromatic ring is 1. The molecular formula is C10H12F2N2O3. The average molecular weight is 246 g/mol. The molecule has 0 unspecified atom stereocenters. The van der Waals surface area contributed by atoms with Crippen molar-refractivity contribution in [1.82, 2.24) is 5.43 Å². The third-order valence-electron chi connectivity index (χ3n) is 1.85. The Bertz CT molecular complexity index is 399. The zero-order valence-corrected chi connectivity index (χ0v) is 9.07. The Morgan fingerprint density at radius 2 is 2.18 bits per heavy atom. The van der Waals surface area contributed by atoms with E-state index >= 15 is 0 Å². The second-order valence-corrected chi connectivity index (χ2v) is 2.95. The van der Waals surface area contributed by atoms with Crippen LogP contribution in [0.4, 0.5) is 8.78 Å². The Balaban J connectivity index is 3.03. The third kappa shape index (κ3) is 3.56. The van der Waals surface area contributed by atoms with Crippen LogP contribution >= 0.6 is 0 Å². The molecule has 0 radical (unpaired) electrons. The number of alkyl halides is 2. The quantitative estimate of drug-likeness (QED) is 0.466. The summed E-state index contributed by atoms with van der Waals surface area (Å²) in [6.07, 6.45) is 0. The lowest BCUT2D eigenvalue weighted by Crippen LogP contribution is -2.29. The third-order valence-corrected chi connectivity index (χ3v) is 1.85. The van der Waals surface area contributed by atoms with Crippen molar-refractivity contribution in [2.45, 2.75) is 13.5 Å². The molecule has 94 valence electrons. The van der Waals surface area contributed by atoms with Crippen molar-refractivity contribution in [1.29, 1.82) is 0 Å². The van der Waals surface area contributed by atoms with Gasteiger partial charge in [-0.15, -0.1) is 0 Å².